The molecule has 30 heavy (non-hydrogen) atoms. The molecule has 2 amide bonds. The summed E-state index contributed by atoms with van der Waals surface area (Å²) in [5.41, 5.74) is 0. The van der Waals surface area contributed by atoms with Crippen molar-refractivity contribution >= 4 is 12.2 Å². The zero-order valence-corrected chi connectivity index (χ0v) is 18.1. The molecule has 0 aromatic heterocycles. The molecule has 4 rings (SSSR count). The van der Waals surface area contributed by atoms with Crippen molar-refractivity contribution < 1.29 is 28.5 Å². The van der Waals surface area contributed by atoms with Crippen molar-refractivity contribution in [2.24, 2.45) is 0 Å². The predicted molar refractivity (Wildman–Crippen MR) is 108 cm³/mol. The number of nitrogens with one attached hydrogen (secondary N) is 1. The lowest BCUT2D eigenvalue weighted by Crippen LogP contribution is -2.48. The van der Waals surface area contributed by atoms with Crippen LogP contribution >= 0.6 is 0 Å². The molecule has 4 heterocycles. The number of piperidine rings is 2. The molecular formula is C21H35N3O6. The van der Waals surface area contributed by atoms with E-state index in [-0.39, 0.29) is 12.2 Å². The molecule has 0 aromatic rings. The summed E-state index contributed by atoms with van der Waals surface area (Å²) >= 11 is 0. The third-order valence-corrected chi connectivity index (χ3v) is 6.32. The molecule has 0 radical (unpaired) electrons. The van der Waals surface area contributed by atoms with Crippen LogP contribution in [0.15, 0.2) is 0 Å². The SMILES string of the molecule is CC1(C)O[C@H]2[C@H](O1)[C@@H](OC(=O)N1CCCCC1)CNC[C@@H]2OC(=O)N1CCCCC1. The summed E-state index contributed by atoms with van der Waals surface area (Å²) in [6.07, 6.45) is 3.69. The Labute approximate surface area is 178 Å². The Morgan fingerprint density at radius 1 is 0.767 bits per heavy atom. The number of likely N-dealkylation sites (tertiary alicyclic amines) is 2. The Hall–Kier alpha value is -1.58. The van der Waals surface area contributed by atoms with Crippen LogP contribution in [0, 0.1) is 0 Å². The fraction of sp³-hybridized carbons (Fsp3) is 0.905. The van der Waals surface area contributed by atoms with Crippen LogP contribution in [0.4, 0.5) is 9.59 Å². The lowest BCUT2D eigenvalue weighted by Gasteiger charge is -2.31. The van der Waals surface area contributed by atoms with Crippen LogP contribution in [0.2, 0.25) is 0 Å². The van der Waals surface area contributed by atoms with Crippen LogP contribution < -0.4 is 5.32 Å². The largest absolute Gasteiger partial charge is 0.442 e. The summed E-state index contributed by atoms with van der Waals surface area (Å²) in [4.78, 5) is 28.9. The minimum absolute atomic E-state index is 0.308. The number of carbonyl (C=O) groups excluding carboxylic acids is 2. The van der Waals surface area contributed by atoms with E-state index >= 15 is 0 Å². The lowest BCUT2D eigenvalue weighted by atomic mass is 10.1. The van der Waals surface area contributed by atoms with Gasteiger partial charge in [-0.2, -0.15) is 0 Å². The first-order valence-electron chi connectivity index (χ1n) is 11.4. The first-order chi connectivity index (χ1) is 14.4. The Morgan fingerprint density at radius 3 is 1.57 bits per heavy atom. The van der Waals surface area contributed by atoms with Gasteiger partial charge in [-0.25, -0.2) is 9.59 Å². The molecule has 4 atom stereocenters. The van der Waals surface area contributed by atoms with E-state index in [1.54, 1.807) is 9.80 Å². The molecule has 0 unspecified atom stereocenters. The molecule has 4 saturated heterocycles. The van der Waals surface area contributed by atoms with Gasteiger partial charge in [-0.15, -0.1) is 0 Å². The molecule has 4 aliphatic heterocycles. The molecular weight excluding hydrogens is 390 g/mol. The van der Waals surface area contributed by atoms with E-state index < -0.39 is 30.2 Å². The van der Waals surface area contributed by atoms with Crippen molar-refractivity contribution in [2.75, 3.05) is 39.3 Å². The number of nitrogens with zero attached hydrogens (tertiary/aromatic N) is 2. The second-order valence-corrected chi connectivity index (χ2v) is 9.16. The van der Waals surface area contributed by atoms with Crippen LogP contribution in [0.1, 0.15) is 52.4 Å². The Balaban J connectivity index is 1.43. The quantitative estimate of drug-likeness (QED) is 0.725. The minimum Gasteiger partial charge on any atom is -0.442 e. The molecule has 1 N–H and O–H groups in total. The smallest absolute Gasteiger partial charge is 0.410 e. The Morgan fingerprint density at radius 2 is 1.17 bits per heavy atom. The van der Waals surface area contributed by atoms with Crippen molar-refractivity contribution in [3.05, 3.63) is 0 Å². The van der Waals surface area contributed by atoms with Gasteiger partial charge in [-0.3, -0.25) is 0 Å². The Kier molecular flexibility index (Phi) is 6.69. The number of ether oxygens (including phenoxy) is 4. The highest BCUT2D eigenvalue weighted by Crippen LogP contribution is 2.35. The van der Waals surface area contributed by atoms with Crippen LogP contribution in [0.3, 0.4) is 0 Å². The number of fused-ring (bicyclic) bond motifs is 1. The number of hydrogen-bond donors (Lipinski definition) is 1. The van der Waals surface area contributed by atoms with Gasteiger partial charge in [0.05, 0.1) is 0 Å². The van der Waals surface area contributed by atoms with E-state index in [0.717, 1.165) is 64.7 Å². The van der Waals surface area contributed by atoms with Gasteiger partial charge in [0.1, 0.15) is 24.4 Å². The number of carbonyl (C=O) groups is 2. The topological polar surface area (TPSA) is 89.6 Å². The highest BCUT2D eigenvalue weighted by Gasteiger charge is 2.52. The third-order valence-electron chi connectivity index (χ3n) is 6.32. The van der Waals surface area contributed by atoms with Gasteiger partial charge in [-0.1, -0.05) is 0 Å². The number of hydrogen-bond acceptors (Lipinski definition) is 7. The van der Waals surface area contributed by atoms with Crippen LogP contribution in [0.5, 0.6) is 0 Å². The minimum atomic E-state index is -0.835. The lowest BCUT2D eigenvalue weighted by molar-refractivity contribution is -0.163. The number of rotatable bonds is 2. The molecule has 4 aliphatic rings. The van der Waals surface area contributed by atoms with E-state index in [1.165, 1.54) is 0 Å². The summed E-state index contributed by atoms with van der Waals surface area (Å²) in [6, 6.07) is 0. The zero-order chi connectivity index (χ0) is 21.1. The molecule has 0 aliphatic carbocycles. The van der Waals surface area contributed by atoms with E-state index in [9.17, 15) is 9.59 Å². The van der Waals surface area contributed by atoms with E-state index in [2.05, 4.69) is 5.32 Å². The average molecular weight is 426 g/mol. The molecule has 0 bridgehead atoms. The van der Waals surface area contributed by atoms with Crippen LogP contribution in [0.25, 0.3) is 0 Å². The summed E-state index contributed by atoms with van der Waals surface area (Å²) in [5, 5.41) is 3.27. The fourth-order valence-corrected chi connectivity index (χ4v) is 4.77. The summed E-state index contributed by atoms with van der Waals surface area (Å²) < 4.78 is 24.0. The first-order valence-corrected chi connectivity index (χ1v) is 11.4. The van der Waals surface area contributed by atoms with Gasteiger partial charge in [0.15, 0.2) is 5.79 Å². The van der Waals surface area contributed by atoms with Crippen molar-refractivity contribution in [3.8, 4) is 0 Å². The second kappa shape index (κ2) is 9.28. The maximum absolute atomic E-state index is 12.7. The van der Waals surface area contributed by atoms with Crippen molar-refractivity contribution in [1.29, 1.82) is 0 Å². The van der Waals surface area contributed by atoms with Crippen LogP contribution in [-0.4, -0.2) is 91.5 Å². The Bertz CT molecular complexity index is 568. The fourth-order valence-electron chi connectivity index (χ4n) is 4.77. The van der Waals surface area contributed by atoms with Crippen molar-refractivity contribution in [3.63, 3.8) is 0 Å². The average Bonchev–Trinajstić information content (AvgIpc) is 3.01. The van der Waals surface area contributed by atoms with Crippen LogP contribution in [-0.2, 0) is 18.9 Å². The first kappa shape index (κ1) is 21.6. The van der Waals surface area contributed by atoms with Gasteiger partial charge in [0.2, 0.25) is 0 Å². The molecule has 0 saturated carbocycles. The van der Waals surface area contributed by atoms with Crippen molar-refractivity contribution in [2.45, 2.75) is 82.6 Å². The van der Waals surface area contributed by atoms with Gasteiger partial charge in [0, 0.05) is 39.3 Å². The molecule has 9 heteroatoms. The normalized spacial score (nSPS) is 34.1. The summed E-state index contributed by atoms with van der Waals surface area (Å²) in [6.45, 7) is 7.44. The van der Waals surface area contributed by atoms with E-state index in [1.807, 2.05) is 13.8 Å². The molecule has 9 nitrogen and oxygen atoms in total. The molecule has 4 fully saturated rings. The molecule has 0 aromatic carbocycles. The van der Waals surface area contributed by atoms with E-state index in [4.69, 9.17) is 18.9 Å². The van der Waals surface area contributed by atoms with Gasteiger partial charge in [-0.05, 0) is 52.4 Å². The summed E-state index contributed by atoms with van der Waals surface area (Å²) in [7, 11) is 0. The molecule has 0 spiro atoms. The number of amides is 2. The predicted octanol–water partition coefficient (Wildman–Crippen LogP) is 2.09. The van der Waals surface area contributed by atoms with Gasteiger partial charge < -0.3 is 34.1 Å². The molecule has 170 valence electrons. The van der Waals surface area contributed by atoms with E-state index in [0.29, 0.717) is 13.1 Å². The zero-order valence-electron chi connectivity index (χ0n) is 18.1. The maximum atomic E-state index is 12.7. The second-order valence-electron chi connectivity index (χ2n) is 9.16. The summed E-state index contributed by atoms with van der Waals surface area (Å²) in [5.74, 6) is -0.835. The van der Waals surface area contributed by atoms with Gasteiger partial charge >= 0.3 is 12.2 Å². The maximum Gasteiger partial charge on any atom is 0.410 e. The highest BCUT2D eigenvalue weighted by atomic mass is 16.8. The highest BCUT2D eigenvalue weighted by molar-refractivity contribution is 5.68. The van der Waals surface area contributed by atoms with Crippen molar-refractivity contribution in [1.82, 2.24) is 15.1 Å². The monoisotopic (exact) mass is 425 g/mol. The third kappa shape index (κ3) is 5.00. The standard InChI is InChI=1S/C21H35N3O6/c1-21(2)29-17-15(27-19(25)23-9-5-3-6-10-23)13-22-14-16(18(17)30-21)28-20(26)24-11-7-4-8-12-24/h15-18,22H,3-14H2,1-2H3/t15-,16-,17+,18+/m0/s1. The van der Waals surface area contributed by atoms with Gasteiger partial charge in [0.25, 0.3) is 0 Å².